The van der Waals surface area contributed by atoms with Gasteiger partial charge in [0.2, 0.25) is 0 Å². The highest BCUT2D eigenvalue weighted by molar-refractivity contribution is 6.31. The van der Waals surface area contributed by atoms with Gasteiger partial charge in [-0.2, -0.15) is 0 Å². The Morgan fingerprint density at radius 2 is 2.00 bits per heavy atom. The lowest BCUT2D eigenvalue weighted by Gasteiger charge is -2.17. The molecule has 2 nitrogen and oxygen atoms in total. The lowest BCUT2D eigenvalue weighted by molar-refractivity contribution is 0.468. The summed E-state index contributed by atoms with van der Waals surface area (Å²) in [5.74, 6) is 0.509. The summed E-state index contributed by atoms with van der Waals surface area (Å²) in [5.41, 5.74) is 6.71. The first-order valence-electron chi connectivity index (χ1n) is 4.26. The number of halogens is 1. The molecule has 0 amide bonds. The van der Waals surface area contributed by atoms with Gasteiger partial charge in [-0.05, 0) is 29.7 Å². The van der Waals surface area contributed by atoms with Gasteiger partial charge in [0.25, 0.3) is 0 Å². The van der Waals surface area contributed by atoms with Crippen molar-refractivity contribution in [3.05, 3.63) is 28.8 Å². The lowest BCUT2D eigenvalue weighted by Crippen LogP contribution is -2.16. The molecule has 1 aromatic rings. The fourth-order valence-electron chi connectivity index (χ4n) is 1.15. The number of phenols is 1. The summed E-state index contributed by atoms with van der Waals surface area (Å²) in [4.78, 5) is 0. The first-order chi connectivity index (χ1) is 6.02. The van der Waals surface area contributed by atoms with Gasteiger partial charge < -0.3 is 10.8 Å². The molecule has 0 aromatic heterocycles. The normalized spacial score (nSPS) is 13.3. The predicted molar refractivity (Wildman–Crippen MR) is 54.9 cm³/mol. The van der Waals surface area contributed by atoms with E-state index in [1.165, 1.54) is 0 Å². The van der Waals surface area contributed by atoms with Crippen LogP contribution in [0.5, 0.6) is 5.75 Å². The molecule has 1 rings (SSSR count). The van der Waals surface area contributed by atoms with Crippen molar-refractivity contribution in [2.45, 2.75) is 19.9 Å². The van der Waals surface area contributed by atoms with Crippen molar-refractivity contribution in [3.63, 3.8) is 0 Å². The Labute approximate surface area is 83.3 Å². The molecule has 0 radical (unpaired) electrons. The Bertz CT molecular complexity index is 299. The predicted octanol–water partition coefficient (Wildman–Crippen LogP) is 2.70. The van der Waals surface area contributed by atoms with Crippen LogP contribution in [-0.4, -0.2) is 5.11 Å². The van der Waals surface area contributed by atoms with Crippen LogP contribution in [-0.2, 0) is 0 Å². The summed E-state index contributed by atoms with van der Waals surface area (Å²) in [7, 11) is 0. The minimum Gasteiger partial charge on any atom is -0.508 e. The molecule has 0 aliphatic heterocycles. The molecule has 0 spiro atoms. The van der Waals surface area contributed by atoms with Crippen LogP contribution >= 0.6 is 11.6 Å². The van der Waals surface area contributed by atoms with Gasteiger partial charge in [-0.3, -0.25) is 0 Å². The minimum atomic E-state index is -0.125. The van der Waals surface area contributed by atoms with E-state index in [4.69, 9.17) is 17.3 Å². The van der Waals surface area contributed by atoms with E-state index < -0.39 is 0 Å². The van der Waals surface area contributed by atoms with Gasteiger partial charge in [0.1, 0.15) is 5.75 Å². The molecule has 0 saturated carbocycles. The second kappa shape index (κ2) is 3.99. The molecule has 0 heterocycles. The van der Waals surface area contributed by atoms with E-state index >= 15 is 0 Å². The van der Waals surface area contributed by atoms with Crippen molar-refractivity contribution in [2.75, 3.05) is 0 Å². The Balaban J connectivity index is 3.05. The highest BCUT2D eigenvalue weighted by Crippen LogP contribution is 2.29. The van der Waals surface area contributed by atoms with Crippen LogP contribution in [0.25, 0.3) is 0 Å². The Kier molecular flexibility index (Phi) is 3.17. The number of hydrogen-bond donors (Lipinski definition) is 2. The zero-order valence-electron chi connectivity index (χ0n) is 7.79. The average molecular weight is 200 g/mol. The summed E-state index contributed by atoms with van der Waals surface area (Å²) in [5, 5.41) is 9.86. The molecule has 1 aromatic carbocycles. The third-order valence-electron chi connectivity index (χ3n) is 2.06. The van der Waals surface area contributed by atoms with Crippen LogP contribution in [0.4, 0.5) is 0 Å². The van der Waals surface area contributed by atoms with E-state index in [-0.39, 0.29) is 11.8 Å². The monoisotopic (exact) mass is 199 g/mol. The largest absolute Gasteiger partial charge is 0.508 e. The van der Waals surface area contributed by atoms with E-state index in [9.17, 15) is 5.11 Å². The highest BCUT2D eigenvalue weighted by Gasteiger charge is 2.14. The molecule has 0 fully saturated rings. The van der Waals surface area contributed by atoms with E-state index in [2.05, 4.69) is 0 Å². The Morgan fingerprint density at radius 1 is 1.38 bits per heavy atom. The van der Waals surface area contributed by atoms with Crippen LogP contribution in [0, 0.1) is 5.92 Å². The summed E-state index contributed by atoms with van der Waals surface area (Å²) in [6.07, 6.45) is 0. The molecular formula is C10H14ClNO. The molecule has 0 aliphatic rings. The number of rotatable bonds is 2. The van der Waals surface area contributed by atoms with E-state index in [0.717, 1.165) is 5.56 Å². The third kappa shape index (κ3) is 2.36. The van der Waals surface area contributed by atoms with E-state index in [1.807, 2.05) is 13.8 Å². The van der Waals surface area contributed by atoms with Gasteiger partial charge in [0, 0.05) is 11.1 Å². The topological polar surface area (TPSA) is 46.2 Å². The van der Waals surface area contributed by atoms with Gasteiger partial charge in [0.15, 0.2) is 0 Å². The molecular weight excluding hydrogens is 186 g/mol. The van der Waals surface area contributed by atoms with Gasteiger partial charge in [-0.15, -0.1) is 0 Å². The van der Waals surface area contributed by atoms with Crippen LogP contribution in [0.3, 0.4) is 0 Å². The van der Waals surface area contributed by atoms with Crippen molar-refractivity contribution >= 4 is 11.6 Å². The zero-order valence-corrected chi connectivity index (χ0v) is 8.55. The molecule has 0 saturated heterocycles. The van der Waals surface area contributed by atoms with E-state index in [1.54, 1.807) is 18.2 Å². The summed E-state index contributed by atoms with van der Waals surface area (Å²) < 4.78 is 0. The maximum Gasteiger partial charge on any atom is 0.116 e. The molecule has 3 heteroatoms. The van der Waals surface area contributed by atoms with E-state index in [0.29, 0.717) is 10.9 Å². The van der Waals surface area contributed by atoms with Crippen molar-refractivity contribution in [2.24, 2.45) is 11.7 Å². The molecule has 1 atom stereocenters. The minimum absolute atomic E-state index is 0.125. The summed E-state index contributed by atoms with van der Waals surface area (Å²) >= 11 is 5.94. The zero-order chi connectivity index (χ0) is 10.0. The van der Waals surface area contributed by atoms with Crippen LogP contribution < -0.4 is 5.73 Å². The lowest BCUT2D eigenvalue weighted by atomic mass is 9.97. The summed E-state index contributed by atoms with van der Waals surface area (Å²) in [6.45, 7) is 4.04. The smallest absolute Gasteiger partial charge is 0.116 e. The van der Waals surface area contributed by atoms with Crippen molar-refractivity contribution in [1.82, 2.24) is 0 Å². The SMILES string of the molecule is CC(C)[C@@H](N)c1cc(O)ccc1Cl. The van der Waals surface area contributed by atoms with Crippen molar-refractivity contribution in [3.8, 4) is 5.75 Å². The molecule has 13 heavy (non-hydrogen) atoms. The second-order valence-corrected chi connectivity index (χ2v) is 3.88. The Hall–Kier alpha value is -0.730. The number of hydrogen-bond acceptors (Lipinski definition) is 2. The van der Waals surface area contributed by atoms with Gasteiger partial charge in [-0.25, -0.2) is 0 Å². The van der Waals surface area contributed by atoms with Crippen LogP contribution in [0.2, 0.25) is 5.02 Å². The first-order valence-corrected chi connectivity index (χ1v) is 4.64. The highest BCUT2D eigenvalue weighted by atomic mass is 35.5. The number of benzene rings is 1. The maximum atomic E-state index is 9.25. The number of nitrogens with two attached hydrogens (primary N) is 1. The van der Waals surface area contributed by atoms with Crippen molar-refractivity contribution < 1.29 is 5.11 Å². The molecule has 72 valence electrons. The average Bonchev–Trinajstić information content (AvgIpc) is 2.08. The molecule has 0 aliphatic carbocycles. The van der Waals surface area contributed by atoms with Crippen LogP contribution in [0.15, 0.2) is 18.2 Å². The molecule has 0 unspecified atom stereocenters. The van der Waals surface area contributed by atoms with Crippen LogP contribution in [0.1, 0.15) is 25.5 Å². The Morgan fingerprint density at radius 3 is 2.54 bits per heavy atom. The number of phenolic OH excluding ortho intramolecular Hbond substituents is 1. The number of aromatic hydroxyl groups is 1. The molecule has 0 bridgehead atoms. The van der Waals surface area contributed by atoms with Gasteiger partial charge >= 0.3 is 0 Å². The first kappa shape index (κ1) is 10.4. The molecule has 3 N–H and O–H groups in total. The fourth-order valence-corrected chi connectivity index (χ4v) is 1.39. The maximum absolute atomic E-state index is 9.25. The van der Waals surface area contributed by atoms with Gasteiger partial charge in [0.05, 0.1) is 0 Å². The van der Waals surface area contributed by atoms with Crippen molar-refractivity contribution in [1.29, 1.82) is 0 Å². The second-order valence-electron chi connectivity index (χ2n) is 3.48. The van der Waals surface area contributed by atoms with Gasteiger partial charge in [-0.1, -0.05) is 25.4 Å². The third-order valence-corrected chi connectivity index (χ3v) is 2.40. The standard InChI is InChI=1S/C10H14ClNO/c1-6(2)10(12)8-5-7(13)3-4-9(8)11/h3-6,10,13H,12H2,1-2H3/t10-/m1/s1. The quantitative estimate of drug-likeness (QED) is 0.770. The fraction of sp³-hybridized carbons (Fsp3) is 0.400. The summed E-state index contributed by atoms with van der Waals surface area (Å²) in [6, 6.07) is 4.71.